The van der Waals surface area contributed by atoms with Crippen molar-refractivity contribution in [1.82, 2.24) is 14.6 Å². The quantitative estimate of drug-likeness (QED) is 0.584. The summed E-state index contributed by atoms with van der Waals surface area (Å²) >= 11 is 0. The summed E-state index contributed by atoms with van der Waals surface area (Å²) in [6.45, 7) is 0. The molecule has 0 aromatic carbocycles. The number of hydrogen-bond acceptors (Lipinski definition) is 3. The molecule has 58 valence electrons. The number of H-pyrrole nitrogens is 1. The summed E-state index contributed by atoms with van der Waals surface area (Å²) in [6.07, 6.45) is 1.51. The molecule has 2 aromatic heterocycles. The molecule has 5 heteroatoms. The van der Waals surface area contributed by atoms with Crippen molar-refractivity contribution in [2.75, 3.05) is 0 Å². The van der Waals surface area contributed by atoms with Crippen LogP contribution in [0.4, 0.5) is 0 Å². The number of hydrogen-bond donors (Lipinski definition) is 1. The van der Waals surface area contributed by atoms with E-state index in [1.807, 2.05) is 6.07 Å². The molecule has 2 aromatic rings. The highest BCUT2D eigenvalue weighted by Crippen LogP contribution is 1.98. The molecular weight excluding hydrogens is 156 g/mol. The fourth-order valence-corrected chi connectivity index (χ4v) is 0.962. The number of nitrogens with zero attached hydrogens (tertiary/aromatic N) is 3. The first-order valence-corrected chi connectivity index (χ1v) is 3.28. The Hall–Kier alpha value is -2.09. The normalized spacial score (nSPS) is 9.92. The summed E-state index contributed by atoms with van der Waals surface area (Å²) in [5.41, 5.74) is 0.614. The van der Waals surface area contributed by atoms with Crippen LogP contribution in [-0.4, -0.2) is 14.6 Å². The Balaban J connectivity index is 2.86. The first kappa shape index (κ1) is 6.61. The third-order valence-corrected chi connectivity index (χ3v) is 1.47. The maximum Gasteiger partial charge on any atom is 0.251 e. The van der Waals surface area contributed by atoms with Gasteiger partial charge in [-0.25, -0.2) is 4.52 Å². The van der Waals surface area contributed by atoms with Crippen LogP contribution in [0.25, 0.3) is 5.65 Å². The van der Waals surface area contributed by atoms with Gasteiger partial charge < -0.3 is 4.98 Å². The van der Waals surface area contributed by atoms with E-state index >= 15 is 0 Å². The summed E-state index contributed by atoms with van der Waals surface area (Å²) in [6, 6.07) is 4.75. The van der Waals surface area contributed by atoms with Crippen LogP contribution in [-0.2, 0) is 0 Å². The molecule has 0 aliphatic rings. The van der Waals surface area contributed by atoms with Crippen LogP contribution in [0, 0.1) is 11.3 Å². The second-order valence-corrected chi connectivity index (χ2v) is 2.28. The third kappa shape index (κ3) is 0.864. The zero-order valence-electron chi connectivity index (χ0n) is 5.98. The molecule has 0 saturated heterocycles. The van der Waals surface area contributed by atoms with Crippen LogP contribution in [0.2, 0.25) is 0 Å². The lowest BCUT2D eigenvalue weighted by Gasteiger charge is -1.87. The second kappa shape index (κ2) is 2.20. The van der Waals surface area contributed by atoms with E-state index in [-0.39, 0.29) is 11.3 Å². The molecule has 0 atom stereocenters. The van der Waals surface area contributed by atoms with Gasteiger partial charge in [-0.3, -0.25) is 4.79 Å². The smallest absolute Gasteiger partial charge is 0.251 e. The molecule has 12 heavy (non-hydrogen) atoms. The first-order chi connectivity index (χ1) is 5.79. The zero-order chi connectivity index (χ0) is 8.55. The summed E-state index contributed by atoms with van der Waals surface area (Å²) < 4.78 is 1.44. The van der Waals surface area contributed by atoms with E-state index in [4.69, 9.17) is 5.26 Å². The fraction of sp³-hybridized carbons (Fsp3) is 0. The molecule has 0 aliphatic heterocycles. The van der Waals surface area contributed by atoms with Gasteiger partial charge in [-0.15, -0.1) is 0 Å². The predicted molar refractivity (Wildman–Crippen MR) is 40.5 cm³/mol. The van der Waals surface area contributed by atoms with Gasteiger partial charge in [0.05, 0.1) is 0 Å². The van der Waals surface area contributed by atoms with Crippen LogP contribution in [0.5, 0.6) is 0 Å². The van der Waals surface area contributed by atoms with E-state index in [2.05, 4.69) is 10.1 Å². The van der Waals surface area contributed by atoms with E-state index < -0.39 is 0 Å². The van der Waals surface area contributed by atoms with Crippen LogP contribution in [0.3, 0.4) is 0 Å². The molecule has 2 rings (SSSR count). The van der Waals surface area contributed by atoms with E-state index in [1.54, 1.807) is 0 Å². The van der Waals surface area contributed by atoms with Crippen LogP contribution >= 0.6 is 0 Å². The lowest BCUT2D eigenvalue weighted by atomic mass is 10.5. The predicted octanol–water partition coefficient (Wildman–Crippen LogP) is -0.106. The Labute approximate surface area is 66.9 Å². The van der Waals surface area contributed by atoms with Crippen molar-refractivity contribution < 1.29 is 0 Å². The maximum atomic E-state index is 10.8. The van der Waals surface area contributed by atoms with Crippen molar-refractivity contribution in [3.05, 3.63) is 34.4 Å². The van der Waals surface area contributed by atoms with E-state index in [1.165, 1.54) is 22.8 Å². The molecule has 5 nitrogen and oxygen atoms in total. The van der Waals surface area contributed by atoms with Crippen LogP contribution in [0.15, 0.2) is 23.1 Å². The Bertz CT molecular complexity index is 516. The average molecular weight is 160 g/mol. The molecule has 0 saturated carbocycles. The van der Waals surface area contributed by atoms with Crippen molar-refractivity contribution in [1.29, 1.82) is 5.26 Å². The van der Waals surface area contributed by atoms with Crippen molar-refractivity contribution in [3.63, 3.8) is 0 Å². The minimum atomic E-state index is -0.202. The SMILES string of the molecule is N#Cc1cc2[nH]c(=O)ccn2n1. The number of nitriles is 1. The maximum absolute atomic E-state index is 10.8. The topological polar surface area (TPSA) is 74.0 Å². The van der Waals surface area contributed by atoms with E-state index in [0.29, 0.717) is 5.65 Å². The molecule has 0 amide bonds. The summed E-state index contributed by atoms with van der Waals surface area (Å²) in [4.78, 5) is 13.3. The second-order valence-electron chi connectivity index (χ2n) is 2.28. The molecule has 0 unspecified atom stereocenters. The Morgan fingerprint density at radius 1 is 1.67 bits per heavy atom. The van der Waals surface area contributed by atoms with Gasteiger partial charge in [-0.05, 0) is 0 Å². The summed E-state index contributed by atoms with van der Waals surface area (Å²) in [5, 5.41) is 12.3. The van der Waals surface area contributed by atoms with Gasteiger partial charge in [-0.2, -0.15) is 10.4 Å². The summed E-state index contributed by atoms with van der Waals surface area (Å²) in [7, 11) is 0. The molecule has 2 heterocycles. The van der Waals surface area contributed by atoms with Gasteiger partial charge in [0.2, 0.25) is 0 Å². The first-order valence-electron chi connectivity index (χ1n) is 3.28. The number of aromatic amines is 1. The van der Waals surface area contributed by atoms with Gasteiger partial charge in [-0.1, -0.05) is 0 Å². The minimum Gasteiger partial charge on any atom is -0.307 e. The van der Waals surface area contributed by atoms with Crippen molar-refractivity contribution >= 4 is 5.65 Å². The van der Waals surface area contributed by atoms with Crippen molar-refractivity contribution in [2.24, 2.45) is 0 Å². The number of rotatable bonds is 0. The molecule has 0 spiro atoms. The largest absolute Gasteiger partial charge is 0.307 e. The van der Waals surface area contributed by atoms with Gasteiger partial charge in [0.15, 0.2) is 5.69 Å². The van der Waals surface area contributed by atoms with Crippen molar-refractivity contribution in [2.45, 2.75) is 0 Å². The number of nitrogens with one attached hydrogen (secondary N) is 1. The third-order valence-electron chi connectivity index (χ3n) is 1.47. The van der Waals surface area contributed by atoms with Gasteiger partial charge in [0.25, 0.3) is 5.56 Å². The highest BCUT2D eigenvalue weighted by Gasteiger charge is 1.98. The number of aromatic nitrogens is 3. The molecule has 1 N–H and O–H groups in total. The van der Waals surface area contributed by atoms with E-state index in [9.17, 15) is 4.79 Å². The highest BCUT2D eigenvalue weighted by atomic mass is 16.1. The lowest BCUT2D eigenvalue weighted by Crippen LogP contribution is -2.05. The van der Waals surface area contributed by atoms with Crippen LogP contribution in [0.1, 0.15) is 5.69 Å². The minimum absolute atomic E-state index is 0.202. The summed E-state index contributed by atoms with van der Waals surface area (Å²) in [5.74, 6) is 0. The molecule has 0 bridgehead atoms. The van der Waals surface area contributed by atoms with Crippen molar-refractivity contribution in [3.8, 4) is 6.07 Å². The molecule has 0 radical (unpaired) electrons. The molecule has 0 fully saturated rings. The monoisotopic (exact) mass is 160 g/mol. The fourth-order valence-electron chi connectivity index (χ4n) is 0.962. The Morgan fingerprint density at radius 2 is 2.50 bits per heavy atom. The van der Waals surface area contributed by atoms with Gasteiger partial charge in [0, 0.05) is 18.3 Å². The van der Waals surface area contributed by atoms with E-state index in [0.717, 1.165) is 0 Å². The van der Waals surface area contributed by atoms with Gasteiger partial charge in [0.1, 0.15) is 11.7 Å². The van der Waals surface area contributed by atoms with Gasteiger partial charge >= 0.3 is 0 Å². The molecular formula is C7H4N4O. The highest BCUT2D eigenvalue weighted by molar-refractivity contribution is 5.41. The Morgan fingerprint density at radius 3 is 3.25 bits per heavy atom. The zero-order valence-corrected chi connectivity index (χ0v) is 5.98. The standard InChI is InChI=1S/C7H4N4O/c8-4-5-3-6-9-7(12)1-2-11(6)10-5/h1-3H,(H,9,12). The average Bonchev–Trinajstić information content (AvgIpc) is 2.46. The Kier molecular flexibility index (Phi) is 1.21. The lowest BCUT2D eigenvalue weighted by molar-refractivity contribution is 0.922. The van der Waals surface area contributed by atoms with Crippen LogP contribution < -0.4 is 5.56 Å². The number of fused-ring (bicyclic) bond motifs is 1. The molecule has 0 aliphatic carbocycles.